The lowest BCUT2D eigenvalue weighted by Crippen LogP contribution is -2.49. The Kier molecular flexibility index (Phi) is 18.4. The summed E-state index contributed by atoms with van der Waals surface area (Å²) < 4.78 is 5.52. The first kappa shape index (κ1) is 52.6. The summed E-state index contributed by atoms with van der Waals surface area (Å²) in [5, 5.41) is 22.4. The van der Waals surface area contributed by atoms with Crippen molar-refractivity contribution in [2.45, 2.75) is 67.3 Å². The molecule has 10 heteroatoms. The Labute approximate surface area is 420 Å². The van der Waals surface area contributed by atoms with Crippen LogP contribution in [0.15, 0.2) is 176 Å². The third kappa shape index (κ3) is 11.8. The monoisotopic (exact) mass is 964 g/mol. The Morgan fingerprint density at radius 2 is 1.03 bits per heavy atom. The normalized spacial score (nSPS) is 15.8. The molecule has 8 nitrogen and oxygen atoms in total. The zero-order valence-corrected chi connectivity index (χ0v) is 41.8. The molecule has 6 aromatic rings. The summed E-state index contributed by atoms with van der Waals surface area (Å²) in [4.78, 5) is 33.3. The van der Waals surface area contributed by atoms with E-state index in [9.17, 15) is 20.0 Å². The topological polar surface area (TPSA) is 97.1 Å². The highest BCUT2D eigenvalue weighted by molar-refractivity contribution is 6.30. The number of esters is 1. The number of carbonyl (C=O) groups excluding carboxylic acids is 2. The molecule has 0 aliphatic carbocycles. The maximum absolute atomic E-state index is 13.8. The molecule has 360 valence electrons. The number of likely N-dealkylation sites (N-methyl/N-ethyl adjacent to an activating group) is 1. The number of rotatable bonds is 15. The smallest absolute Gasteiger partial charge is 0.316 e. The second-order valence-electron chi connectivity index (χ2n) is 18.5. The first-order chi connectivity index (χ1) is 33.0. The van der Waals surface area contributed by atoms with Gasteiger partial charge in [0.05, 0.1) is 23.7 Å². The van der Waals surface area contributed by atoms with E-state index >= 15 is 0 Å². The van der Waals surface area contributed by atoms with E-state index in [0.717, 1.165) is 72.6 Å². The predicted octanol–water partition coefficient (Wildman–Crippen LogP) is 11.0. The average molecular weight is 966 g/mol. The standard InChI is InChI=1S/C30H32N2O2.C29H33ClN2O2.ClH/c1-2-34-28(33)29(25-12-6-3-7-13-25)18-21-32(22-19-29)23-20-30(24-31,26-14-8-4-9-15-26)27-16-10-5-11-17-27;1-31(2)27(33)29(24-9-5-3-6-10-24,25-11-7-4-8-12-25)19-22-32-20-17-28(34,18-21-32)23-13-15-26(30)16-14-23;/h3-17H,2,18-23H2,1H3;3-16,34H,17-22H2,1-2H3;1H. The number of ether oxygens (including phenoxy) is 1. The molecule has 0 saturated carbocycles. The molecule has 0 aromatic heterocycles. The highest BCUT2D eigenvalue weighted by atomic mass is 35.5. The Balaban J connectivity index is 0.000000224. The van der Waals surface area contributed by atoms with Gasteiger partial charge in [-0.05, 0) is 111 Å². The van der Waals surface area contributed by atoms with E-state index in [1.54, 1.807) is 4.90 Å². The molecule has 8 rings (SSSR count). The Bertz CT molecular complexity index is 2460. The number of halogens is 2. The number of nitrogens with zero attached hydrogens (tertiary/aromatic N) is 4. The maximum Gasteiger partial charge on any atom is 0.316 e. The number of amides is 1. The molecule has 69 heavy (non-hydrogen) atoms. The van der Waals surface area contributed by atoms with Crippen molar-refractivity contribution in [1.82, 2.24) is 14.7 Å². The van der Waals surface area contributed by atoms with Crippen LogP contribution in [0, 0.1) is 11.3 Å². The van der Waals surface area contributed by atoms with Crippen molar-refractivity contribution in [3.8, 4) is 6.07 Å². The van der Waals surface area contributed by atoms with Crippen LogP contribution in [0.2, 0.25) is 5.02 Å². The number of hydrogen-bond donors (Lipinski definition) is 1. The van der Waals surface area contributed by atoms with Gasteiger partial charge < -0.3 is 24.5 Å². The molecule has 0 radical (unpaired) electrons. The molecule has 2 heterocycles. The van der Waals surface area contributed by atoms with Crippen LogP contribution in [0.1, 0.15) is 78.8 Å². The zero-order chi connectivity index (χ0) is 48.0. The molecular weight excluding hydrogens is 900 g/mol. The number of likely N-dealkylation sites (tertiary alicyclic amines) is 2. The van der Waals surface area contributed by atoms with E-state index in [-0.39, 0.29) is 24.3 Å². The van der Waals surface area contributed by atoms with E-state index in [1.165, 1.54) is 0 Å². The van der Waals surface area contributed by atoms with Crippen molar-refractivity contribution in [2.24, 2.45) is 0 Å². The lowest BCUT2D eigenvalue weighted by Gasteiger charge is -2.41. The molecule has 1 amide bonds. The molecule has 2 saturated heterocycles. The maximum atomic E-state index is 13.8. The van der Waals surface area contributed by atoms with Crippen LogP contribution in [0.5, 0.6) is 0 Å². The van der Waals surface area contributed by atoms with Crippen LogP contribution in [0.3, 0.4) is 0 Å². The zero-order valence-electron chi connectivity index (χ0n) is 40.2. The summed E-state index contributed by atoms with van der Waals surface area (Å²) in [6, 6.07) is 60.6. The molecular formula is C59H66Cl2N4O4. The number of hydrogen-bond acceptors (Lipinski definition) is 7. The largest absolute Gasteiger partial charge is 0.465 e. The van der Waals surface area contributed by atoms with Gasteiger partial charge in [0, 0.05) is 38.8 Å². The van der Waals surface area contributed by atoms with Crippen molar-refractivity contribution in [3.63, 3.8) is 0 Å². The molecule has 2 fully saturated rings. The molecule has 0 atom stereocenters. The fourth-order valence-electron chi connectivity index (χ4n) is 10.4. The third-order valence-corrected chi connectivity index (χ3v) is 14.7. The van der Waals surface area contributed by atoms with Crippen LogP contribution < -0.4 is 0 Å². The van der Waals surface area contributed by atoms with Gasteiger partial charge in [0.2, 0.25) is 5.91 Å². The summed E-state index contributed by atoms with van der Waals surface area (Å²) in [7, 11) is 3.66. The fourth-order valence-corrected chi connectivity index (χ4v) is 10.5. The Morgan fingerprint density at radius 1 is 0.623 bits per heavy atom. The van der Waals surface area contributed by atoms with Crippen LogP contribution in [0.4, 0.5) is 0 Å². The molecule has 2 aliphatic rings. The SMILES string of the molecule is CCOC(=O)C1(c2ccccc2)CCN(CCC(C#N)(c2ccccc2)c2ccccc2)CC1.CN(C)C(=O)C(CCN1CCC(O)(c2ccc(Cl)cc2)CC1)(c1ccccc1)c1ccccc1.Cl. The first-order valence-electron chi connectivity index (χ1n) is 24.0. The summed E-state index contributed by atoms with van der Waals surface area (Å²) in [5.41, 5.74) is 3.10. The average Bonchev–Trinajstić information content (AvgIpc) is 3.39. The minimum atomic E-state index is -0.837. The molecule has 0 unspecified atom stereocenters. The molecule has 6 aromatic carbocycles. The first-order valence-corrected chi connectivity index (χ1v) is 24.4. The number of nitriles is 1. The summed E-state index contributed by atoms with van der Waals surface area (Å²) in [5.74, 6) is -0.0413. The van der Waals surface area contributed by atoms with E-state index < -0.39 is 21.8 Å². The molecule has 0 bridgehead atoms. The van der Waals surface area contributed by atoms with Gasteiger partial charge in [-0.15, -0.1) is 12.4 Å². The van der Waals surface area contributed by atoms with Crippen molar-refractivity contribution < 1.29 is 19.4 Å². The molecule has 0 spiro atoms. The summed E-state index contributed by atoms with van der Waals surface area (Å²) in [6.07, 6.45) is 4.09. The van der Waals surface area contributed by atoms with Crippen LogP contribution in [0.25, 0.3) is 0 Å². The Morgan fingerprint density at radius 3 is 1.45 bits per heavy atom. The van der Waals surface area contributed by atoms with E-state index in [4.69, 9.17) is 16.3 Å². The van der Waals surface area contributed by atoms with Gasteiger partial charge in [-0.1, -0.05) is 175 Å². The minimum absolute atomic E-state index is 0. The van der Waals surface area contributed by atoms with Gasteiger partial charge in [0.25, 0.3) is 0 Å². The lowest BCUT2D eigenvalue weighted by molar-refractivity contribution is -0.152. The second-order valence-corrected chi connectivity index (χ2v) is 18.9. The van der Waals surface area contributed by atoms with E-state index in [1.807, 2.05) is 173 Å². The quantitative estimate of drug-likeness (QED) is 0.102. The Hall–Kier alpha value is -5.79. The van der Waals surface area contributed by atoms with Gasteiger partial charge in [-0.25, -0.2) is 0 Å². The number of benzene rings is 6. The van der Waals surface area contributed by atoms with Crippen molar-refractivity contribution in [2.75, 3.05) is 60.0 Å². The highest BCUT2D eigenvalue weighted by Crippen LogP contribution is 2.41. The van der Waals surface area contributed by atoms with Crippen LogP contribution >= 0.6 is 24.0 Å². The fraction of sp³-hybridized carbons (Fsp3) is 0.339. The third-order valence-electron chi connectivity index (χ3n) is 14.4. The molecule has 2 aliphatic heterocycles. The van der Waals surface area contributed by atoms with Gasteiger partial charge in [-0.2, -0.15) is 5.26 Å². The van der Waals surface area contributed by atoms with Crippen molar-refractivity contribution >= 4 is 35.9 Å². The van der Waals surface area contributed by atoms with Gasteiger partial charge in [0.1, 0.15) is 10.8 Å². The van der Waals surface area contributed by atoms with Crippen LogP contribution in [-0.2, 0) is 36.2 Å². The highest BCUT2D eigenvalue weighted by Gasteiger charge is 2.46. The lowest BCUT2D eigenvalue weighted by atomic mass is 9.70. The minimum Gasteiger partial charge on any atom is -0.465 e. The van der Waals surface area contributed by atoms with Gasteiger partial charge in [-0.3, -0.25) is 9.59 Å². The van der Waals surface area contributed by atoms with Crippen molar-refractivity contribution in [3.05, 3.63) is 214 Å². The van der Waals surface area contributed by atoms with Gasteiger partial charge in [0.15, 0.2) is 0 Å². The number of piperidine rings is 2. The summed E-state index contributed by atoms with van der Waals surface area (Å²) >= 11 is 6.03. The predicted molar refractivity (Wildman–Crippen MR) is 280 cm³/mol. The second kappa shape index (κ2) is 24.2. The number of aliphatic hydroxyl groups is 1. The van der Waals surface area contributed by atoms with E-state index in [0.29, 0.717) is 50.2 Å². The van der Waals surface area contributed by atoms with Gasteiger partial charge >= 0.3 is 5.97 Å². The van der Waals surface area contributed by atoms with Crippen LogP contribution in [-0.4, -0.2) is 91.7 Å². The van der Waals surface area contributed by atoms with Crippen molar-refractivity contribution in [1.29, 1.82) is 5.26 Å². The summed E-state index contributed by atoms with van der Waals surface area (Å²) in [6.45, 7) is 6.92. The molecule has 1 N–H and O–H groups in total. The number of carbonyl (C=O) groups is 2. The van der Waals surface area contributed by atoms with E-state index in [2.05, 4.69) is 40.1 Å².